The third-order valence-corrected chi connectivity index (χ3v) is 4.55. The van der Waals surface area contributed by atoms with Crippen molar-refractivity contribution in [2.75, 3.05) is 0 Å². The average molecular weight is 294 g/mol. The summed E-state index contributed by atoms with van der Waals surface area (Å²) in [6.07, 6.45) is 1.10. The van der Waals surface area contributed by atoms with Crippen molar-refractivity contribution in [1.29, 1.82) is 0 Å². The van der Waals surface area contributed by atoms with Gasteiger partial charge in [-0.1, -0.05) is 90.1 Å². The minimum Gasteiger partial charge on any atom is -0.0619 e. The number of hydrogen-bond acceptors (Lipinski definition) is 0. The number of aryl methyl sites for hydroxylation is 1. The molecule has 0 aliphatic rings. The van der Waals surface area contributed by atoms with E-state index in [0.29, 0.717) is 11.8 Å². The second-order valence-electron chi connectivity index (χ2n) is 7.69. The highest BCUT2D eigenvalue weighted by Crippen LogP contribution is 2.33. The molecule has 22 heavy (non-hydrogen) atoms. The van der Waals surface area contributed by atoms with Crippen LogP contribution < -0.4 is 0 Å². The van der Waals surface area contributed by atoms with Crippen LogP contribution in [0.1, 0.15) is 69.7 Å². The maximum absolute atomic E-state index is 2.32. The first kappa shape index (κ1) is 16.8. The second-order valence-corrected chi connectivity index (χ2v) is 7.69. The maximum atomic E-state index is 2.32. The average Bonchev–Trinajstić information content (AvgIpc) is 2.47. The molecule has 2 rings (SSSR count). The fourth-order valence-electron chi connectivity index (χ4n) is 3.11. The monoisotopic (exact) mass is 294 g/mol. The molecular weight excluding hydrogens is 264 g/mol. The van der Waals surface area contributed by atoms with Crippen LogP contribution in [0, 0.1) is 5.92 Å². The van der Waals surface area contributed by atoms with Crippen molar-refractivity contribution in [1.82, 2.24) is 0 Å². The molecule has 0 aliphatic carbocycles. The Balaban J connectivity index is 2.35. The predicted molar refractivity (Wildman–Crippen MR) is 97.6 cm³/mol. The maximum Gasteiger partial charge on any atom is 0.0112 e. The predicted octanol–water partition coefficient (Wildman–Crippen LogP) is 6.33. The SMILES string of the molecule is CCc1ccc(C(c2ccc(C(C)(C)C)cc2)C(C)C)cc1. The van der Waals surface area contributed by atoms with Crippen LogP contribution in [0.25, 0.3) is 0 Å². The van der Waals surface area contributed by atoms with Gasteiger partial charge in [0.05, 0.1) is 0 Å². The minimum atomic E-state index is 0.217. The summed E-state index contributed by atoms with van der Waals surface area (Å²) in [5.41, 5.74) is 5.88. The van der Waals surface area contributed by atoms with Gasteiger partial charge in [0.25, 0.3) is 0 Å². The van der Waals surface area contributed by atoms with Crippen molar-refractivity contribution >= 4 is 0 Å². The van der Waals surface area contributed by atoms with Gasteiger partial charge in [-0.3, -0.25) is 0 Å². The third kappa shape index (κ3) is 3.80. The van der Waals surface area contributed by atoms with E-state index in [2.05, 4.69) is 90.1 Å². The van der Waals surface area contributed by atoms with Crippen LogP contribution in [0.4, 0.5) is 0 Å². The minimum absolute atomic E-state index is 0.217. The van der Waals surface area contributed by atoms with Crippen molar-refractivity contribution in [2.24, 2.45) is 5.92 Å². The molecule has 0 heteroatoms. The van der Waals surface area contributed by atoms with Crippen LogP contribution in [0.3, 0.4) is 0 Å². The molecular formula is C22H30. The smallest absolute Gasteiger partial charge is 0.0112 e. The Labute approximate surface area is 136 Å². The molecule has 0 saturated carbocycles. The molecule has 2 aromatic carbocycles. The molecule has 0 nitrogen and oxygen atoms in total. The molecule has 2 aromatic rings. The van der Waals surface area contributed by atoms with E-state index in [1.165, 1.54) is 22.3 Å². The second kappa shape index (κ2) is 6.69. The van der Waals surface area contributed by atoms with Crippen LogP contribution in [0.5, 0.6) is 0 Å². The van der Waals surface area contributed by atoms with E-state index in [1.807, 2.05) is 0 Å². The zero-order chi connectivity index (χ0) is 16.3. The molecule has 0 aromatic heterocycles. The van der Waals surface area contributed by atoms with Gasteiger partial charge in [-0.2, -0.15) is 0 Å². The quantitative estimate of drug-likeness (QED) is 0.617. The zero-order valence-corrected chi connectivity index (χ0v) is 15.0. The molecule has 0 fully saturated rings. The van der Waals surface area contributed by atoms with Crippen molar-refractivity contribution < 1.29 is 0 Å². The Hall–Kier alpha value is -1.56. The van der Waals surface area contributed by atoms with Gasteiger partial charge in [-0.05, 0) is 40.0 Å². The van der Waals surface area contributed by atoms with Crippen LogP contribution in [-0.4, -0.2) is 0 Å². The van der Waals surface area contributed by atoms with E-state index in [-0.39, 0.29) is 5.41 Å². The summed E-state index contributed by atoms with van der Waals surface area (Å²) in [5.74, 6) is 1.06. The van der Waals surface area contributed by atoms with Gasteiger partial charge in [-0.15, -0.1) is 0 Å². The molecule has 0 N–H and O–H groups in total. The summed E-state index contributed by atoms with van der Waals surface area (Å²) < 4.78 is 0. The lowest BCUT2D eigenvalue weighted by Crippen LogP contribution is -2.12. The molecule has 0 aliphatic heterocycles. The summed E-state index contributed by atoms with van der Waals surface area (Å²) >= 11 is 0. The van der Waals surface area contributed by atoms with Crippen molar-refractivity contribution in [3.05, 3.63) is 70.8 Å². The van der Waals surface area contributed by atoms with Crippen LogP contribution in [0.2, 0.25) is 0 Å². The van der Waals surface area contributed by atoms with E-state index in [1.54, 1.807) is 0 Å². The molecule has 1 atom stereocenters. The van der Waals surface area contributed by atoms with Crippen LogP contribution in [-0.2, 0) is 11.8 Å². The van der Waals surface area contributed by atoms with Crippen molar-refractivity contribution in [3.8, 4) is 0 Å². The van der Waals surface area contributed by atoms with Gasteiger partial charge in [0.1, 0.15) is 0 Å². The summed E-state index contributed by atoms with van der Waals surface area (Å²) in [7, 11) is 0. The third-order valence-electron chi connectivity index (χ3n) is 4.55. The van der Waals surface area contributed by atoms with E-state index < -0.39 is 0 Å². The normalized spacial score (nSPS) is 13.4. The highest BCUT2D eigenvalue weighted by atomic mass is 14.2. The Morgan fingerprint density at radius 3 is 1.59 bits per heavy atom. The van der Waals surface area contributed by atoms with Crippen molar-refractivity contribution in [2.45, 2.75) is 59.3 Å². The van der Waals surface area contributed by atoms with Gasteiger partial charge in [-0.25, -0.2) is 0 Å². The standard InChI is InChI=1S/C22H30/c1-7-17-8-10-18(11-9-17)21(16(2)3)19-12-14-20(15-13-19)22(4,5)6/h8-16,21H,7H2,1-6H3. The van der Waals surface area contributed by atoms with Gasteiger partial charge >= 0.3 is 0 Å². The van der Waals surface area contributed by atoms with E-state index in [4.69, 9.17) is 0 Å². The molecule has 0 saturated heterocycles. The summed E-state index contributed by atoms with van der Waals surface area (Å²) in [5, 5.41) is 0. The Morgan fingerprint density at radius 1 is 0.773 bits per heavy atom. The molecule has 0 heterocycles. The summed E-state index contributed by atoms with van der Waals surface area (Å²) in [6.45, 7) is 13.6. The molecule has 0 spiro atoms. The number of hydrogen-bond donors (Lipinski definition) is 0. The Bertz CT molecular complexity index is 579. The lowest BCUT2D eigenvalue weighted by atomic mass is 9.80. The molecule has 0 amide bonds. The first-order chi connectivity index (χ1) is 10.3. The Kier molecular flexibility index (Phi) is 5.11. The highest BCUT2D eigenvalue weighted by molar-refractivity contribution is 5.37. The van der Waals surface area contributed by atoms with E-state index in [0.717, 1.165) is 6.42 Å². The highest BCUT2D eigenvalue weighted by Gasteiger charge is 2.19. The topological polar surface area (TPSA) is 0 Å². The fraction of sp³-hybridized carbons (Fsp3) is 0.455. The largest absolute Gasteiger partial charge is 0.0619 e. The lowest BCUT2D eigenvalue weighted by Gasteiger charge is -2.24. The zero-order valence-electron chi connectivity index (χ0n) is 15.0. The van der Waals surface area contributed by atoms with E-state index in [9.17, 15) is 0 Å². The number of benzene rings is 2. The summed E-state index contributed by atoms with van der Waals surface area (Å²) in [4.78, 5) is 0. The van der Waals surface area contributed by atoms with Gasteiger partial charge in [0, 0.05) is 5.92 Å². The lowest BCUT2D eigenvalue weighted by molar-refractivity contribution is 0.561. The van der Waals surface area contributed by atoms with Crippen molar-refractivity contribution in [3.63, 3.8) is 0 Å². The first-order valence-corrected chi connectivity index (χ1v) is 8.52. The first-order valence-electron chi connectivity index (χ1n) is 8.52. The van der Waals surface area contributed by atoms with Crippen LogP contribution >= 0.6 is 0 Å². The summed E-state index contributed by atoms with van der Waals surface area (Å²) in [6, 6.07) is 18.4. The van der Waals surface area contributed by atoms with Gasteiger partial charge in [0.2, 0.25) is 0 Å². The fourth-order valence-corrected chi connectivity index (χ4v) is 3.11. The number of rotatable bonds is 4. The van der Waals surface area contributed by atoms with Crippen LogP contribution in [0.15, 0.2) is 48.5 Å². The van der Waals surface area contributed by atoms with Gasteiger partial charge in [0.15, 0.2) is 0 Å². The molecule has 118 valence electrons. The van der Waals surface area contributed by atoms with Gasteiger partial charge < -0.3 is 0 Å². The van der Waals surface area contributed by atoms with E-state index >= 15 is 0 Å². The molecule has 1 unspecified atom stereocenters. The Morgan fingerprint density at radius 2 is 1.23 bits per heavy atom. The molecule has 0 bridgehead atoms. The molecule has 0 radical (unpaired) electrons.